The standard InChI is InChI=1S/C12H13ClN2O5S2.C11H11N/c13-9-1-2-10(21-9)22(18,19)15-5-3-12(4-6-15)7-8(11(16)17)14-20-12;12-8-10-6-3-5-9-4-1-2-7-11(9)10/h1-2H,3-7H2,(H,16,17);1-7H,8,12H2. The van der Waals surface area contributed by atoms with Gasteiger partial charge in [-0.3, -0.25) is 0 Å². The second kappa shape index (κ2) is 10.0. The molecule has 5 rings (SSSR count). The van der Waals surface area contributed by atoms with Crippen molar-refractivity contribution in [2.24, 2.45) is 10.9 Å². The van der Waals surface area contributed by atoms with Crippen molar-refractivity contribution in [1.82, 2.24) is 4.31 Å². The molecular weight excluding hydrogens is 498 g/mol. The van der Waals surface area contributed by atoms with E-state index in [0.29, 0.717) is 23.7 Å². The molecule has 2 aliphatic rings. The second-order valence-electron chi connectivity index (χ2n) is 8.10. The van der Waals surface area contributed by atoms with E-state index in [1.165, 1.54) is 26.7 Å². The number of aliphatic carboxylic acids is 1. The smallest absolute Gasteiger partial charge is 0.353 e. The first-order valence-electron chi connectivity index (χ1n) is 10.6. The number of hydrogen-bond acceptors (Lipinski definition) is 7. The lowest BCUT2D eigenvalue weighted by Crippen LogP contribution is -2.46. The Hall–Kier alpha value is -2.50. The fourth-order valence-corrected chi connectivity index (χ4v) is 7.15. The van der Waals surface area contributed by atoms with Crippen molar-refractivity contribution in [3.05, 3.63) is 64.5 Å². The molecule has 11 heteroatoms. The molecule has 0 unspecified atom stereocenters. The number of piperidine rings is 1. The number of benzene rings is 2. The van der Waals surface area contributed by atoms with Crippen LogP contribution in [0.2, 0.25) is 4.34 Å². The number of nitrogens with zero attached hydrogens (tertiary/aromatic N) is 2. The molecule has 0 atom stereocenters. The maximum absolute atomic E-state index is 12.5. The molecule has 180 valence electrons. The van der Waals surface area contributed by atoms with Gasteiger partial charge >= 0.3 is 5.97 Å². The Morgan fingerprint density at radius 3 is 2.47 bits per heavy atom. The molecule has 34 heavy (non-hydrogen) atoms. The zero-order chi connectivity index (χ0) is 24.3. The predicted molar refractivity (Wildman–Crippen MR) is 133 cm³/mol. The molecule has 2 aromatic carbocycles. The minimum Gasteiger partial charge on any atom is -0.477 e. The van der Waals surface area contributed by atoms with Gasteiger partial charge in [-0.2, -0.15) is 4.31 Å². The van der Waals surface area contributed by atoms with Gasteiger partial charge in [0, 0.05) is 38.9 Å². The normalized spacial score (nSPS) is 17.6. The van der Waals surface area contributed by atoms with Gasteiger partial charge in [0.25, 0.3) is 10.0 Å². The van der Waals surface area contributed by atoms with E-state index in [2.05, 4.69) is 29.4 Å². The molecule has 1 aromatic heterocycles. The van der Waals surface area contributed by atoms with Crippen molar-refractivity contribution in [3.63, 3.8) is 0 Å². The highest BCUT2D eigenvalue weighted by atomic mass is 35.5. The number of halogens is 1. The first kappa shape index (κ1) is 24.6. The SMILES string of the molecule is NCc1cccc2ccccc12.O=C(O)C1=NOC2(CCN(S(=O)(=O)c3ccc(Cl)s3)CC2)C1. The number of fused-ring (bicyclic) bond motifs is 1. The van der Waals surface area contributed by atoms with E-state index in [9.17, 15) is 13.2 Å². The molecular formula is C23H24ClN3O5S2. The maximum atomic E-state index is 12.5. The van der Waals surface area contributed by atoms with E-state index >= 15 is 0 Å². The lowest BCUT2D eigenvalue weighted by molar-refractivity contribution is -0.129. The molecule has 3 heterocycles. The summed E-state index contributed by atoms with van der Waals surface area (Å²) in [5.41, 5.74) is 6.13. The van der Waals surface area contributed by atoms with Crippen LogP contribution in [0.5, 0.6) is 0 Å². The fraction of sp³-hybridized carbons (Fsp3) is 0.304. The van der Waals surface area contributed by atoms with Gasteiger partial charge in [-0.15, -0.1) is 11.3 Å². The van der Waals surface area contributed by atoms with Gasteiger partial charge in [0.05, 0.1) is 4.34 Å². The molecule has 0 bridgehead atoms. The summed E-state index contributed by atoms with van der Waals surface area (Å²) < 4.78 is 27.0. The maximum Gasteiger partial charge on any atom is 0.353 e. The Labute approximate surface area is 206 Å². The number of carbonyl (C=O) groups is 1. The number of carboxylic acids is 1. The molecule has 1 spiro atoms. The van der Waals surface area contributed by atoms with E-state index in [-0.39, 0.29) is 29.4 Å². The zero-order valence-electron chi connectivity index (χ0n) is 18.2. The van der Waals surface area contributed by atoms with E-state index in [0.717, 1.165) is 11.3 Å². The molecule has 0 amide bonds. The lowest BCUT2D eigenvalue weighted by atomic mass is 9.88. The minimum atomic E-state index is -3.56. The van der Waals surface area contributed by atoms with Crippen LogP contribution >= 0.6 is 22.9 Å². The Morgan fingerprint density at radius 1 is 1.15 bits per heavy atom. The van der Waals surface area contributed by atoms with Gasteiger partial charge in [0.2, 0.25) is 0 Å². The molecule has 3 N–H and O–H groups in total. The monoisotopic (exact) mass is 521 g/mol. The molecule has 8 nitrogen and oxygen atoms in total. The van der Waals surface area contributed by atoms with Gasteiger partial charge in [-0.05, 0) is 28.5 Å². The number of rotatable bonds is 4. The van der Waals surface area contributed by atoms with Crippen LogP contribution in [-0.2, 0) is 26.2 Å². The first-order valence-corrected chi connectivity index (χ1v) is 13.3. The third kappa shape index (κ3) is 5.11. The fourth-order valence-electron chi connectivity index (χ4n) is 4.07. The Balaban J connectivity index is 0.000000192. The number of sulfonamides is 1. The van der Waals surface area contributed by atoms with Crippen molar-refractivity contribution in [2.75, 3.05) is 13.1 Å². The number of thiophene rings is 1. The largest absolute Gasteiger partial charge is 0.477 e. The summed E-state index contributed by atoms with van der Waals surface area (Å²) in [6.45, 7) is 1.14. The zero-order valence-corrected chi connectivity index (χ0v) is 20.6. The van der Waals surface area contributed by atoms with Crippen molar-refractivity contribution in [3.8, 4) is 0 Å². The van der Waals surface area contributed by atoms with Gasteiger partial charge in [0.15, 0.2) is 5.71 Å². The van der Waals surface area contributed by atoms with Crippen molar-refractivity contribution in [1.29, 1.82) is 0 Å². The van der Waals surface area contributed by atoms with E-state index in [1.807, 2.05) is 18.2 Å². The summed E-state index contributed by atoms with van der Waals surface area (Å²) in [6.07, 6.45) is 1.03. The van der Waals surface area contributed by atoms with E-state index < -0.39 is 21.6 Å². The summed E-state index contributed by atoms with van der Waals surface area (Å²) in [5.74, 6) is -1.10. The van der Waals surface area contributed by atoms with Gasteiger partial charge in [-0.25, -0.2) is 13.2 Å². The third-order valence-electron chi connectivity index (χ3n) is 5.96. The van der Waals surface area contributed by atoms with Crippen LogP contribution in [0.3, 0.4) is 0 Å². The minimum absolute atomic E-state index is 0.0126. The summed E-state index contributed by atoms with van der Waals surface area (Å²) in [7, 11) is -3.56. The van der Waals surface area contributed by atoms with E-state index in [4.69, 9.17) is 27.3 Å². The molecule has 1 saturated heterocycles. The average molecular weight is 522 g/mol. The van der Waals surface area contributed by atoms with E-state index in [1.54, 1.807) is 6.07 Å². The summed E-state index contributed by atoms with van der Waals surface area (Å²) >= 11 is 6.81. The van der Waals surface area contributed by atoms with Crippen LogP contribution in [-0.4, -0.2) is 48.2 Å². The Morgan fingerprint density at radius 2 is 1.85 bits per heavy atom. The molecule has 0 saturated carbocycles. The summed E-state index contributed by atoms with van der Waals surface area (Å²) in [4.78, 5) is 16.2. The van der Waals surface area contributed by atoms with Crippen LogP contribution in [0.1, 0.15) is 24.8 Å². The number of oxime groups is 1. The molecule has 1 fully saturated rings. The average Bonchev–Trinajstić information content (AvgIpc) is 3.47. The van der Waals surface area contributed by atoms with Crippen LogP contribution in [0, 0.1) is 0 Å². The predicted octanol–water partition coefficient (Wildman–Crippen LogP) is 4.08. The highest BCUT2D eigenvalue weighted by molar-refractivity contribution is 7.91. The Kier molecular flexibility index (Phi) is 7.25. The van der Waals surface area contributed by atoms with Gasteiger partial charge in [-0.1, -0.05) is 59.2 Å². The van der Waals surface area contributed by atoms with Crippen LogP contribution in [0.25, 0.3) is 10.8 Å². The topological polar surface area (TPSA) is 122 Å². The summed E-state index contributed by atoms with van der Waals surface area (Å²) in [5, 5.41) is 15.1. The van der Waals surface area contributed by atoms with Crippen molar-refractivity contribution >= 4 is 55.4 Å². The Bertz CT molecular complexity index is 1330. The number of hydrogen-bond donors (Lipinski definition) is 2. The molecule has 0 radical (unpaired) electrons. The van der Waals surface area contributed by atoms with Crippen LogP contribution < -0.4 is 5.73 Å². The highest BCUT2D eigenvalue weighted by Gasteiger charge is 2.46. The molecule has 2 aliphatic heterocycles. The third-order valence-corrected chi connectivity index (χ3v) is 9.56. The van der Waals surface area contributed by atoms with Crippen molar-refractivity contribution < 1.29 is 23.2 Å². The van der Waals surface area contributed by atoms with Crippen LogP contribution in [0.4, 0.5) is 0 Å². The summed E-state index contributed by atoms with van der Waals surface area (Å²) in [6, 6.07) is 17.6. The van der Waals surface area contributed by atoms with Crippen molar-refractivity contribution in [2.45, 2.75) is 35.6 Å². The number of carboxylic acid groups (broad SMARTS) is 1. The van der Waals surface area contributed by atoms with Gasteiger partial charge < -0.3 is 15.7 Å². The lowest BCUT2D eigenvalue weighted by Gasteiger charge is -2.36. The second-order valence-corrected chi connectivity index (χ2v) is 12.0. The molecule has 3 aromatic rings. The molecule has 0 aliphatic carbocycles. The quantitative estimate of drug-likeness (QED) is 0.533. The highest BCUT2D eigenvalue weighted by Crippen LogP contribution is 2.37. The first-order chi connectivity index (χ1) is 16.2. The van der Waals surface area contributed by atoms with Crippen LogP contribution in [0.15, 0.2) is 64.0 Å². The number of nitrogens with two attached hydrogens (primary N) is 1. The van der Waals surface area contributed by atoms with Gasteiger partial charge in [0.1, 0.15) is 9.81 Å².